The summed E-state index contributed by atoms with van der Waals surface area (Å²) in [7, 11) is -4.34. The van der Waals surface area contributed by atoms with Crippen LogP contribution in [0.25, 0.3) is 22.4 Å². The van der Waals surface area contributed by atoms with Crippen molar-refractivity contribution in [3.05, 3.63) is 83.4 Å². The number of amides is 1. The number of nitrogens with one attached hydrogen (secondary N) is 2. The summed E-state index contributed by atoms with van der Waals surface area (Å²) in [5, 5.41) is 2.33. The van der Waals surface area contributed by atoms with E-state index in [9.17, 15) is 26.4 Å². The van der Waals surface area contributed by atoms with Crippen LogP contribution in [0.1, 0.15) is 47.1 Å². The van der Waals surface area contributed by atoms with Crippen molar-refractivity contribution < 1.29 is 35.9 Å². The number of hydrogen-bond donors (Lipinski definition) is 2. The summed E-state index contributed by atoms with van der Waals surface area (Å²) >= 11 is 6.39. The van der Waals surface area contributed by atoms with E-state index in [1.807, 2.05) is 20.8 Å². The predicted octanol–water partition coefficient (Wildman–Crippen LogP) is 9.06. The van der Waals surface area contributed by atoms with E-state index in [2.05, 4.69) is 20.0 Å². The number of ether oxygens (including phenoxy) is 2. The first-order valence-electron chi connectivity index (χ1n) is 14.3. The van der Waals surface area contributed by atoms with E-state index >= 15 is 0 Å². The Kier molecular flexibility index (Phi) is 10.1. The molecule has 47 heavy (non-hydrogen) atoms. The standard InChI is InChI=1S/C33H34ClF3N4O5S/c1-31(2,3)19-45-25-18-21(12-16-24(25)34)23-15-17-27(39-29(23)20-10-13-22(14-11-20)33(35,36)37)41-47(43,44)28-9-7-8-26(38-28)40-30(42)46-32(4,5)6/h7-18H,19H2,1-6H3,(H,39,41)(H,38,40,42). The quantitative estimate of drug-likeness (QED) is 0.189. The summed E-state index contributed by atoms with van der Waals surface area (Å²) in [4.78, 5) is 20.7. The predicted molar refractivity (Wildman–Crippen MR) is 175 cm³/mol. The molecule has 4 rings (SSSR count). The minimum atomic E-state index is -4.55. The average Bonchev–Trinajstić information content (AvgIpc) is 2.95. The van der Waals surface area contributed by atoms with Gasteiger partial charge in [0.2, 0.25) is 0 Å². The lowest BCUT2D eigenvalue weighted by Crippen LogP contribution is -2.27. The van der Waals surface area contributed by atoms with Gasteiger partial charge in [-0.15, -0.1) is 0 Å². The van der Waals surface area contributed by atoms with Gasteiger partial charge in [0.05, 0.1) is 22.9 Å². The minimum Gasteiger partial charge on any atom is -0.491 e. The van der Waals surface area contributed by atoms with Crippen molar-refractivity contribution >= 4 is 39.4 Å². The smallest absolute Gasteiger partial charge is 0.416 e. The summed E-state index contributed by atoms with van der Waals surface area (Å²) in [6, 6.07) is 16.4. The SMILES string of the molecule is CC(C)(C)COc1cc(-c2ccc(NS(=O)(=O)c3cccc(NC(=O)OC(C)(C)C)n3)nc2-c2ccc(C(F)(F)F)cc2)ccc1Cl. The molecule has 0 saturated heterocycles. The molecule has 0 aliphatic heterocycles. The van der Waals surface area contributed by atoms with Crippen molar-refractivity contribution in [3.8, 4) is 28.1 Å². The molecule has 250 valence electrons. The molecule has 9 nitrogen and oxygen atoms in total. The van der Waals surface area contributed by atoms with Crippen LogP contribution < -0.4 is 14.8 Å². The number of nitrogens with zero attached hydrogens (tertiary/aromatic N) is 2. The Morgan fingerprint density at radius 3 is 2.13 bits per heavy atom. The zero-order chi connectivity index (χ0) is 34.8. The van der Waals surface area contributed by atoms with Crippen LogP contribution in [0.5, 0.6) is 5.75 Å². The Hall–Kier alpha value is -4.36. The van der Waals surface area contributed by atoms with Gasteiger partial charge in [0.1, 0.15) is 23.0 Å². The number of carbonyl (C=O) groups excluding carboxylic acids is 1. The molecule has 0 fully saturated rings. The molecule has 0 bridgehead atoms. The van der Waals surface area contributed by atoms with E-state index < -0.39 is 38.5 Å². The number of alkyl halides is 3. The Bertz CT molecular complexity index is 1870. The maximum Gasteiger partial charge on any atom is 0.416 e. The fourth-order valence-corrected chi connectivity index (χ4v) is 5.24. The van der Waals surface area contributed by atoms with Gasteiger partial charge in [-0.1, -0.05) is 56.6 Å². The summed E-state index contributed by atoms with van der Waals surface area (Å²) < 4.78 is 80.2. The number of aromatic nitrogens is 2. The number of sulfonamides is 1. The maximum absolute atomic E-state index is 13.3. The molecule has 0 aliphatic carbocycles. The monoisotopic (exact) mass is 690 g/mol. The van der Waals surface area contributed by atoms with Gasteiger partial charge in [-0.25, -0.2) is 14.8 Å². The second-order valence-electron chi connectivity index (χ2n) is 12.8. The van der Waals surface area contributed by atoms with Crippen LogP contribution in [0.4, 0.5) is 29.6 Å². The molecule has 2 N–H and O–H groups in total. The average molecular weight is 691 g/mol. The van der Waals surface area contributed by atoms with Crippen LogP contribution in [0.2, 0.25) is 5.02 Å². The third-order valence-corrected chi connectivity index (χ3v) is 7.72. The fourth-order valence-electron chi connectivity index (χ4n) is 4.09. The molecule has 0 aliphatic rings. The normalized spacial score (nSPS) is 12.4. The topological polar surface area (TPSA) is 120 Å². The molecule has 0 atom stereocenters. The van der Waals surface area contributed by atoms with Crippen LogP contribution in [-0.2, 0) is 20.9 Å². The molecule has 1 amide bonds. The molecule has 4 aromatic rings. The van der Waals surface area contributed by atoms with E-state index in [4.69, 9.17) is 21.1 Å². The molecule has 2 aromatic heterocycles. The maximum atomic E-state index is 13.3. The summed E-state index contributed by atoms with van der Waals surface area (Å²) in [6.07, 6.45) is -5.37. The van der Waals surface area contributed by atoms with Crippen LogP contribution in [-0.4, -0.2) is 36.7 Å². The largest absolute Gasteiger partial charge is 0.491 e. The molecule has 14 heteroatoms. The van der Waals surface area contributed by atoms with Gasteiger partial charge in [-0.2, -0.15) is 21.6 Å². The van der Waals surface area contributed by atoms with Crippen molar-refractivity contribution in [1.29, 1.82) is 0 Å². The highest BCUT2D eigenvalue weighted by Gasteiger charge is 2.30. The lowest BCUT2D eigenvalue weighted by molar-refractivity contribution is -0.137. The first-order chi connectivity index (χ1) is 21.7. The Labute approximate surface area is 276 Å². The van der Waals surface area contributed by atoms with Gasteiger partial charge in [-0.05, 0) is 80.3 Å². The number of carbonyl (C=O) groups is 1. The molecule has 0 unspecified atom stereocenters. The number of halogens is 4. The van der Waals surface area contributed by atoms with Crippen molar-refractivity contribution in [2.75, 3.05) is 16.6 Å². The van der Waals surface area contributed by atoms with Crippen molar-refractivity contribution in [2.24, 2.45) is 5.41 Å². The minimum absolute atomic E-state index is 0.0666. The third kappa shape index (κ3) is 9.82. The highest BCUT2D eigenvalue weighted by molar-refractivity contribution is 7.92. The third-order valence-electron chi connectivity index (χ3n) is 6.15. The molecule has 0 saturated carbocycles. The molecule has 2 aromatic carbocycles. The van der Waals surface area contributed by atoms with Crippen LogP contribution in [0.3, 0.4) is 0 Å². The van der Waals surface area contributed by atoms with Crippen LogP contribution >= 0.6 is 11.6 Å². The van der Waals surface area contributed by atoms with E-state index in [1.165, 1.54) is 36.4 Å². The lowest BCUT2D eigenvalue weighted by atomic mass is 9.97. The Morgan fingerprint density at radius 2 is 1.51 bits per heavy atom. The summed E-state index contributed by atoms with van der Waals surface area (Å²) in [5.41, 5.74) is -0.255. The highest BCUT2D eigenvalue weighted by atomic mass is 35.5. The Morgan fingerprint density at radius 1 is 0.851 bits per heavy atom. The second kappa shape index (κ2) is 13.4. The molecule has 0 spiro atoms. The molecule has 0 radical (unpaired) electrons. The summed E-state index contributed by atoms with van der Waals surface area (Å²) in [5.74, 6) is 0.199. The van der Waals surface area contributed by atoms with Gasteiger partial charge in [-0.3, -0.25) is 10.0 Å². The summed E-state index contributed by atoms with van der Waals surface area (Å²) in [6.45, 7) is 11.4. The van der Waals surface area contributed by atoms with E-state index in [0.717, 1.165) is 12.1 Å². The second-order valence-corrected chi connectivity index (χ2v) is 14.8. The highest BCUT2D eigenvalue weighted by Crippen LogP contribution is 2.38. The first kappa shape index (κ1) is 35.5. The van der Waals surface area contributed by atoms with Crippen LogP contribution in [0.15, 0.2) is 77.8 Å². The number of anilines is 2. The van der Waals surface area contributed by atoms with Crippen LogP contribution in [0, 0.1) is 5.41 Å². The van der Waals surface area contributed by atoms with E-state index in [1.54, 1.807) is 45.0 Å². The van der Waals surface area contributed by atoms with E-state index in [0.29, 0.717) is 34.1 Å². The van der Waals surface area contributed by atoms with Crippen molar-refractivity contribution in [3.63, 3.8) is 0 Å². The zero-order valence-corrected chi connectivity index (χ0v) is 28.1. The van der Waals surface area contributed by atoms with Crippen molar-refractivity contribution in [2.45, 2.75) is 58.3 Å². The van der Waals surface area contributed by atoms with E-state index in [-0.39, 0.29) is 22.7 Å². The van der Waals surface area contributed by atoms with Gasteiger partial charge in [0, 0.05) is 11.1 Å². The molecular weight excluding hydrogens is 657 g/mol. The first-order valence-corrected chi connectivity index (χ1v) is 16.2. The number of rotatable bonds is 8. The molecule has 2 heterocycles. The van der Waals surface area contributed by atoms with Gasteiger partial charge < -0.3 is 9.47 Å². The lowest BCUT2D eigenvalue weighted by Gasteiger charge is -2.20. The Balaban J connectivity index is 1.73. The van der Waals surface area contributed by atoms with Gasteiger partial charge >= 0.3 is 12.3 Å². The number of benzene rings is 2. The van der Waals surface area contributed by atoms with Crippen molar-refractivity contribution in [1.82, 2.24) is 9.97 Å². The number of hydrogen-bond acceptors (Lipinski definition) is 7. The molecular formula is C33H34ClF3N4O5S. The van der Waals surface area contributed by atoms with Gasteiger partial charge in [0.25, 0.3) is 10.0 Å². The zero-order valence-electron chi connectivity index (χ0n) is 26.5. The number of pyridine rings is 2. The fraction of sp³-hybridized carbons (Fsp3) is 0.303. The van der Waals surface area contributed by atoms with Gasteiger partial charge in [0.15, 0.2) is 5.03 Å².